The molecule has 0 amide bonds. The Morgan fingerprint density at radius 3 is 2.55 bits per heavy atom. The predicted molar refractivity (Wildman–Crippen MR) is 94.3 cm³/mol. The van der Waals surface area contributed by atoms with Crippen LogP contribution in [0.3, 0.4) is 0 Å². The maximum absolute atomic E-state index is 6.12. The lowest BCUT2D eigenvalue weighted by molar-refractivity contribution is 0.414. The number of ether oxygens (including phenoxy) is 1. The number of rotatable bonds is 4. The first-order valence-electron chi connectivity index (χ1n) is 7.25. The fraction of sp³-hybridized carbons (Fsp3) is 0.222. The Hall–Kier alpha value is -1.78. The highest BCUT2D eigenvalue weighted by Gasteiger charge is 2.12. The van der Waals surface area contributed by atoms with Gasteiger partial charge in [0.05, 0.1) is 7.11 Å². The van der Waals surface area contributed by atoms with Gasteiger partial charge in [-0.3, -0.25) is 0 Å². The number of methoxy groups -OCH3 is 1. The van der Waals surface area contributed by atoms with Crippen LogP contribution in [0, 0.1) is 0 Å². The summed E-state index contributed by atoms with van der Waals surface area (Å²) in [4.78, 5) is 0. The number of nitrogens with two attached hydrogens (primary N) is 1. The van der Waals surface area contributed by atoms with Crippen LogP contribution in [0.5, 0.6) is 5.75 Å². The van der Waals surface area contributed by atoms with Gasteiger partial charge in [-0.2, -0.15) is 0 Å². The first-order valence-corrected chi connectivity index (χ1v) is 8.04. The third kappa shape index (κ3) is 2.89. The first-order chi connectivity index (χ1) is 10.6. The summed E-state index contributed by atoms with van der Waals surface area (Å²) in [6, 6.07) is 14.5. The summed E-state index contributed by atoms with van der Waals surface area (Å²) >= 11 is 3.56. The van der Waals surface area contributed by atoms with Crippen molar-refractivity contribution in [2.75, 3.05) is 7.11 Å². The van der Waals surface area contributed by atoms with Crippen LogP contribution in [0.4, 0.5) is 0 Å². The van der Waals surface area contributed by atoms with Gasteiger partial charge in [0.15, 0.2) is 0 Å². The van der Waals surface area contributed by atoms with Crippen LogP contribution in [-0.4, -0.2) is 11.7 Å². The predicted octanol–water partition coefficient (Wildman–Crippen LogP) is 4.48. The van der Waals surface area contributed by atoms with Crippen molar-refractivity contribution in [1.29, 1.82) is 0 Å². The van der Waals surface area contributed by atoms with E-state index in [4.69, 9.17) is 10.5 Å². The van der Waals surface area contributed by atoms with Crippen LogP contribution in [-0.2, 0) is 6.54 Å². The van der Waals surface area contributed by atoms with E-state index in [0.717, 1.165) is 16.8 Å². The second-order valence-corrected chi connectivity index (χ2v) is 6.43. The molecule has 4 heteroatoms. The normalized spacial score (nSPS) is 12.5. The zero-order valence-corrected chi connectivity index (χ0v) is 14.3. The van der Waals surface area contributed by atoms with Crippen molar-refractivity contribution in [2.45, 2.75) is 19.5 Å². The molecule has 22 heavy (non-hydrogen) atoms. The maximum atomic E-state index is 6.12. The van der Waals surface area contributed by atoms with Crippen LogP contribution in [0.15, 0.2) is 53.1 Å². The molecule has 3 nitrogen and oxygen atoms in total. The zero-order valence-electron chi connectivity index (χ0n) is 12.7. The maximum Gasteiger partial charge on any atom is 0.118 e. The third-order valence-electron chi connectivity index (χ3n) is 3.88. The molecule has 0 fully saturated rings. The standard InChI is InChI=1S/C18H19BrN2O/c1-12(20)17-11-21(18-9-14(19)5-8-16(17)18)10-13-3-6-15(22-2)7-4-13/h3-9,11-12H,10,20H2,1-2H3/t12-/m1/s1. The van der Waals surface area contributed by atoms with Crippen molar-refractivity contribution in [3.63, 3.8) is 0 Å². The monoisotopic (exact) mass is 358 g/mol. The van der Waals surface area contributed by atoms with Crippen LogP contribution in [0.1, 0.15) is 24.1 Å². The second-order valence-electron chi connectivity index (χ2n) is 5.51. The molecule has 0 radical (unpaired) electrons. The summed E-state index contributed by atoms with van der Waals surface area (Å²) in [5.41, 5.74) is 9.72. The van der Waals surface area contributed by atoms with Gasteiger partial charge in [-0.15, -0.1) is 0 Å². The Kier molecular flexibility index (Phi) is 4.23. The van der Waals surface area contributed by atoms with Gasteiger partial charge in [-0.25, -0.2) is 0 Å². The van der Waals surface area contributed by atoms with Crippen LogP contribution in [0.25, 0.3) is 10.9 Å². The van der Waals surface area contributed by atoms with Crippen molar-refractivity contribution in [3.8, 4) is 5.75 Å². The quantitative estimate of drug-likeness (QED) is 0.746. The summed E-state index contributed by atoms with van der Waals surface area (Å²) in [6.07, 6.45) is 2.16. The average molecular weight is 359 g/mol. The smallest absolute Gasteiger partial charge is 0.118 e. The molecule has 1 atom stereocenters. The third-order valence-corrected chi connectivity index (χ3v) is 4.37. The largest absolute Gasteiger partial charge is 0.497 e. The SMILES string of the molecule is COc1ccc(Cn2cc([C@@H](C)N)c3ccc(Br)cc32)cc1. The van der Waals surface area contributed by atoms with E-state index in [2.05, 4.69) is 57.0 Å². The first kappa shape index (κ1) is 15.1. The number of nitrogens with zero attached hydrogens (tertiary/aromatic N) is 1. The molecule has 3 aromatic rings. The summed E-state index contributed by atoms with van der Waals surface area (Å²) in [5, 5.41) is 1.21. The number of hydrogen-bond acceptors (Lipinski definition) is 2. The molecule has 114 valence electrons. The Labute approximate surface area is 138 Å². The van der Waals surface area contributed by atoms with Gasteiger partial charge in [0.1, 0.15) is 5.75 Å². The average Bonchev–Trinajstić information content (AvgIpc) is 2.86. The highest BCUT2D eigenvalue weighted by molar-refractivity contribution is 9.10. The van der Waals surface area contributed by atoms with E-state index < -0.39 is 0 Å². The molecule has 2 N–H and O–H groups in total. The van der Waals surface area contributed by atoms with E-state index in [-0.39, 0.29) is 6.04 Å². The summed E-state index contributed by atoms with van der Waals surface area (Å²) in [5.74, 6) is 0.875. The molecule has 0 saturated heterocycles. The Bertz CT molecular complexity index is 791. The van der Waals surface area contributed by atoms with Gasteiger partial charge < -0.3 is 15.0 Å². The van der Waals surface area contributed by atoms with E-state index in [0.29, 0.717) is 0 Å². The van der Waals surface area contributed by atoms with Crippen molar-refractivity contribution < 1.29 is 4.74 Å². The Morgan fingerprint density at radius 2 is 1.91 bits per heavy atom. The molecular formula is C18H19BrN2O. The highest BCUT2D eigenvalue weighted by Crippen LogP contribution is 2.29. The van der Waals surface area contributed by atoms with Gasteiger partial charge in [0, 0.05) is 34.2 Å². The lowest BCUT2D eigenvalue weighted by atomic mass is 10.1. The van der Waals surface area contributed by atoms with Crippen LogP contribution < -0.4 is 10.5 Å². The molecule has 0 spiro atoms. The van der Waals surface area contributed by atoms with Gasteiger partial charge in [0.25, 0.3) is 0 Å². The molecule has 0 saturated carbocycles. The lowest BCUT2D eigenvalue weighted by Crippen LogP contribution is -2.04. The topological polar surface area (TPSA) is 40.2 Å². The zero-order chi connectivity index (χ0) is 15.7. The molecule has 1 aromatic heterocycles. The molecule has 0 aliphatic carbocycles. The summed E-state index contributed by atoms with van der Waals surface area (Å²) in [6.45, 7) is 2.83. The molecule has 2 aromatic carbocycles. The van der Waals surface area contributed by atoms with E-state index >= 15 is 0 Å². The van der Waals surface area contributed by atoms with Crippen molar-refractivity contribution in [3.05, 3.63) is 64.3 Å². The van der Waals surface area contributed by atoms with E-state index in [1.165, 1.54) is 22.0 Å². The number of benzene rings is 2. The van der Waals surface area contributed by atoms with Crippen LogP contribution in [0.2, 0.25) is 0 Å². The fourth-order valence-electron chi connectivity index (χ4n) is 2.71. The molecule has 0 unspecified atom stereocenters. The van der Waals surface area contributed by atoms with Gasteiger partial charge >= 0.3 is 0 Å². The van der Waals surface area contributed by atoms with Gasteiger partial charge in [-0.1, -0.05) is 34.1 Å². The van der Waals surface area contributed by atoms with E-state index in [9.17, 15) is 0 Å². The molecule has 0 aliphatic heterocycles. The van der Waals surface area contributed by atoms with Crippen molar-refractivity contribution in [1.82, 2.24) is 4.57 Å². The fourth-order valence-corrected chi connectivity index (χ4v) is 3.06. The molecule has 0 bridgehead atoms. The summed E-state index contributed by atoms with van der Waals surface area (Å²) in [7, 11) is 1.68. The van der Waals surface area contributed by atoms with Crippen LogP contribution >= 0.6 is 15.9 Å². The van der Waals surface area contributed by atoms with E-state index in [1.54, 1.807) is 7.11 Å². The van der Waals surface area contributed by atoms with Gasteiger partial charge in [-0.05, 0) is 42.3 Å². The number of hydrogen-bond donors (Lipinski definition) is 1. The number of halogens is 1. The van der Waals surface area contributed by atoms with Crippen molar-refractivity contribution >= 4 is 26.8 Å². The molecular weight excluding hydrogens is 340 g/mol. The minimum Gasteiger partial charge on any atom is -0.497 e. The van der Waals surface area contributed by atoms with E-state index in [1.807, 2.05) is 19.1 Å². The number of aromatic nitrogens is 1. The minimum absolute atomic E-state index is 0.0146. The Morgan fingerprint density at radius 1 is 1.18 bits per heavy atom. The minimum atomic E-state index is 0.0146. The lowest BCUT2D eigenvalue weighted by Gasteiger charge is -2.07. The second kappa shape index (κ2) is 6.15. The molecule has 1 heterocycles. The highest BCUT2D eigenvalue weighted by atomic mass is 79.9. The Balaban J connectivity index is 2.03. The van der Waals surface area contributed by atoms with Gasteiger partial charge in [0.2, 0.25) is 0 Å². The van der Waals surface area contributed by atoms with Crippen molar-refractivity contribution in [2.24, 2.45) is 5.73 Å². The molecule has 0 aliphatic rings. The number of fused-ring (bicyclic) bond motifs is 1. The summed E-state index contributed by atoms with van der Waals surface area (Å²) < 4.78 is 8.54. The molecule has 3 rings (SSSR count).